The van der Waals surface area contributed by atoms with Crippen molar-refractivity contribution >= 4 is 82.8 Å². The van der Waals surface area contributed by atoms with Gasteiger partial charge in [-0.15, -0.1) is 0 Å². The van der Waals surface area contributed by atoms with E-state index in [9.17, 15) is 97.8 Å². The van der Waals surface area contributed by atoms with Crippen LogP contribution in [-0.2, 0) is 73.5 Å². The Morgan fingerprint density at radius 3 is 1.43 bits per heavy atom. The first-order valence-corrected chi connectivity index (χ1v) is 27.4. The number of primary amides is 2. The lowest BCUT2D eigenvalue weighted by Gasteiger charge is -2.29. The number of aliphatic hydroxyl groups excluding tert-OH is 3. The van der Waals surface area contributed by atoms with Gasteiger partial charge in [-0.1, -0.05) is 52.7 Å². The number of aliphatic carboxylic acids is 2. The van der Waals surface area contributed by atoms with Crippen LogP contribution in [0.2, 0.25) is 0 Å². The number of phenols is 1. The van der Waals surface area contributed by atoms with Crippen molar-refractivity contribution in [3.8, 4) is 5.75 Å². The average molecular weight is 1230 g/mol. The van der Waals surface area contributed by atoms with E-state index in [0.717, 1.165) is 0 Å². The Hall–Kier alpha value is -8.60. The highest BCUT2D eigenvalue weighted by molar-refractivity contribution is 6.00. The molecule has 1 rings (SSSR count). The highest BCUT2D eigenvalue weighted by Gasteiger charge is 2.38. The summed E-state index contributed by atoms with van der Waals surface area (Å²) in [6.45, 7) is 4.67. The molecule has 34 heteroatoms. The van der Waals surface area contributed by atoms with E-state index >= 15 is 0 Å². The van der Waals surface area contributed by atoms with E-state index in [-0.39, 0.29) is 37.4 Å². The van der Waals surface area contributed by atoms with Gasteiger partial charge < -0.3 is 107 Å². The van der Waals surface area contributed by atoms with Crippen molar-refractivity contribution in [3.63, 3.8) is 0 Å². The van der Waals surface area contributed by atoms with Gasteiger partial charge in [0.25, 0.3) is 0 Å². The largest absolute Gasteiger partial charge is 0.508 e. The van der Waals surface area contributed by atoms with Crippen LogP contribution in [0.3, 0.4) is 0 Å². The lowest BCUT2D eigenvalue weighted by Crippen LogP contribution is -2.62. The van der Waals surface area contributed by atoms with Crippen molar-refractivity contribution in [2.75, 3.05) is 26.4 Å². The van der Waals surface area contributed by atoms with Gasteiger partial charge >= 0.3 is 11.9 Å². The van der Waals surface area contributed by atoms with Gasteiger partial charge in [0.1, 0.15) is 66.2 Å². The third-order valence-corrected chi connectivity index (χ3v) is 13.0. The van der Waals surface area contributed by atoms with Crippen LogP contribution in [0.4, 0.5) is 0 Å². The summed E-state index contributed by atoms with van der Waals surface area (Å²) in [5.41, 5.74) is 22.4. The lowest BCUT2D eigenvalue weighted by atomic mass is 9.97. The van der Waals surface area contributed by atoms with E-state index in [0.29, 0.717) is 24.9 Å². The van der Waals surface area contributed by atoms with Crippen LogP contribution in [0.15, 0.2) is 24.3 Å². The topological polar surface area (TPSA) is 585 Å². The van der Waals surface area contributed by atoms with Crippen LogP contribution in [0.5, 0.6) is 5.75 Å². The number of nitrogens with two attached hydrogens (primary N) is 4. The third kappa shape index (κ3) is 27.4. The first kappa shape index (κ1) is 75.4. The Morgan fingerprint density at radius 1 is 0.488 bits per heavy atom. The molecule has 12 atom stereocenters. The Balaban J connectivity index is 3.48. The number of carboxylic acid groups (broad SMARTS) is 2. The lowest BCUT2D eigenvalue weighted by molar-refractivity contribution is -0.143. The van der Waals surface area contributed by atoms with E-state index in [2.05, 4.69) is 53.2 Å². The van der Waals surface area contributed by atoms with Crippen LogP contribution < -0.4 is 76.1 Å². The first-order chi connectivity index (χ1) is 40.3. The number of phenolic OH excluding ortho intramolecular Hbond substituents is 1. The summed E-state index contributed by atoms with van der Waals surface area (Å²) in [6, 6.07) is -13.2. The summed E-state index contributed by atoms with van der Waals surface area (Å²) in [6.07, 6.45) is -2.34. The molecule has 0 aliphatic carbocycles. The fraction of sp³-hybridized carbons (Fsp3) is 0.615. The Morgan fingerprint density at radius 2 is 0.930 bits per heavy atom. The number of hydrogen-bond acceptors (Lipinski definition) is 20. The van der Waals surface area contributed by atoms with Gasteiger partial charge in [-0.2, -0.15) is 0 Å². The number of aliphatic hydroxyl groups is 3. The molecule has 0 fully saturated rings. The van der Waals surface area contributed by atoms with Crippen LogP contribution in [-0.4, -0.2) is 206 Å². The number of carbonyl (C=O) groups is 14. The minimum atomic E-state index is -2.07. The molecular formula is C52H84N14O20. The maximum Gasteiger partial charge on any atom is 0.328 e. The molecule has 0 saturated carbocycles. The van der Waals surface area contributed by atoms with Gasteiger partial charge in [0, 0.05) is 12.8 Å². The van der Waals surface area contributed by atoms with E-state index in [4.69, 9.17) is 22.9 Å². The fourth-order valence-corrected chi connectivity index (χ4v) is 7.88. The van der Waals surface area contributed by atoms with Crippen LogP contribution in [0.25, 0.3) is 0 Å². The summed E-state index contributed by atoms with van der Waals surface area (Å²) >= 11 is 0. The normalized spacial score (nSPS) is 15.2. The molecule has 0 bridgehead atoms. The highest BCUT2D eigenvalue weighted by atomic mass is 16.4. The van der Waals surface area contributed by atoms with Crippen molar-refractivity contribution in [2.24, 2.45) is 34.8 Å². The first-order valence-electron chi connectivity index (χ1n) is 27.4. The predicted molar refractivity (Wildman–Crippen MR) is 300 cm³/mol. The van der Waals surface area contributed by atoms with E-state index in [1.54, 1.807) is 20.8 Å². The predicted octanol–water partition coefficient (Wildman–Crippen LogP) is -7.97. The molecule has 0 unspecified atom stereocenters. The number of carboxylic acids is 2. The van der Waals surface area contributed by atoms with E-state index in [1.807, 2.05) is 0 Å². The maximum atomic E-state index is 14.1. The van der Waals surface area contributed by atoms with Crippen molar-refractivity contribution < 1.29 is 97.8 Å². The molecule has 1 aromatic rings. The van der Waals surface area contributed by atoms with Gasteiger partial charge in [0.05, 0.1) is 38.7 Å². The fourth-order valence-electron chi connectivity index (χ4n) is 7.88. The third-order valence-electron chi connectivity index (χ3n) is 13.0. The van der Waals surface area contributed by atoms with Crippen LogP contribution in [0, 0.1) is 11.8 Å². The van der Waals surface area contributed by atoms with Gasteiger partial charge in [-0.3, -0.25) is 62.3 Å². The van der Waals surface area contributed by atoms with E-state index < -0.39 is 201 Å². The zero-order valence-electron chi connectivity index (χ0n) is 48.4. The molecule has 86 heavy (non-hydrogen) atoms. The van der Waals surface area contributed by atoms with Crippen molar-refractivity contribution in [1.29, 1.82) is 0 Å². The number of unbranched alkanes of at least 4 members (excludes halogenated alkanes) is 1. The number of carbonyl (C=O) groups excluding carboxylic acids is 12. The number of rotatable bonds is 41. The molecule has 1 aromatic carbocycles. The number of hydrogen-bond donors (Lipinski definition) is 20. The maximum absolute atomic E-state index is 14.1. The second-order valence-electron chi connectivity index (χ2n) is 20.6. The van der Waals surface area contributed by atoms with E-state index in [1.165, 1.54) is 38.1 Å². The van der Waals surface area contributed by atoms with Gasteiger partial charge in [-0.25, -0.2) is 4.79 Å². The quantitative estimate of drug-likeness (QED) is 0.0271. The van der Waals surface area contributed by atoms with Crippen molar-refractivity contribution in [1.82, 2.24) is 53.2 Å². The molecule has 0 aliphatic rings. The summed E-state index contributed by atoms with van der Waals surface area (Å²) in [4.78, 5) is 183. The molecule has 0 aliphatic heterocycles. The van der Waals surface area contributed by atoms with Crippen molar-refractivity contribution in [3.05, 3.63) is 29.8 Å². The van der Waals surface area contributed by atoms with Crippen molar-refractivity contribution in [2.45, 2.75) is 165 Å². The molecule has 0 aromatic heterocycles. The smallest absolute Gasteiger partial charge is 0.328 e. The molecule has 34 nitrogen and oxygen atoms in total. The molecule has 482 valence electrons. The summed E-state index contributed by atoms with van der Waals surface area (Å²) in [5.74, 6) is -18.3. The summed E-state index contributed by atoms with van der Waals surface area (Å²) in [7, 11) is 0. The van der Waals surface area contributed by atoms with Gasteiger partial charge in [-0.05, 0) is 68.7 Å². The molecule has 0 spiro atoms. The zero-order valence-corrected chi connectivity index (χ0v) is 48.4. The molecule has 12 amide bonds. The second-order valence-corrected chi connectivity index (χ2v) is 20.6. The average Bonchev–Trinajstić information content (AvgIpc) is 2.41. The van der Waals surface area contributed by atoms with Crippen LogP contribution in [0.1, 0.15) is 98.0 Å². The van der Waals surface area contributed by atoms with Crippen LogP contribution >= 0.6 is 0 Å². The van der Waals surface area contributed by atoms with Gasteiger partial charge in [0.2, 0.25) is 70.9 Å². The summed E-state index contributed by atoms with van der Waals surface area (Å²) in [5, 5.41) is 81.3. The Bertz CT molecular complexity index is 2520. The summed E-state index contributed by atoms with van der Waals surface area (Å²) < 4.78 is 0. The number of aromatic hydroxyl groups is 1. The number of benzene rings is 1. The number of amides is 12. The molecular weight excluding hydrogens is 1140 g/mol. The highest BCUT2D eigenvalue weighted by Crippen LogP contribution is 2.15. The number of nitrogens with one attached hydrogen (secondary N) is 10. The minimum Gasteiger partial charge on any atom is -0.508 e. The standard InChI is InChI=1S/C52H84N14O20/c1-6-25(4)41(66-48(81)34(20-40(73)74)61-44(77)30(14-15-38(55)71)58-49(82)35(21-67)63-42(75)26(5)57-43(76)29(54)9-7-8-16-53)51(84)62-33(19-39(56)72)47(80)64-36(22-68)50(83)60-32(18-27-10-12-28(70)13-11-27)46(79)59-31(17-24(2)3)45(78)65-37(23-69)52(85)86/h10-13,24-26,29-37,41,67-70H,6-9,14-23,53-54H2,1-5H3,(H2,55,71)(H2,56,72)(H,57,76)(H,58,82)(H,59,79)(H,60,83)(H,61,77)(H,62,84)(H,63,75)(H,64,80)(H,65,78)(H,66,81)(H,73,74)(H,85,86)/t25-,26-,29-,30-,31-,32-,33-,34-,35-,36-,37-,41-/m0/s1. The molecule has 24 N–H and O–H groups in total. The zero-order chi connectivity index (χ0) is 65.5. The monoisotopic (exact) mass is 1220 g/mol. The SMILES string of the molecule is CC[C@H](C)[C@H](NC(=O)[C@H](CC(=O)O)NC(=O)[C@H](CCC(N)=O)NC(=O)[C@H](CO)NC(=O)[C@H](C)NC(=O)[C@@H](N)CCCCN)C(=O)N[C@@H](CC(N)=O)C(=O)N[C@@H](CO)C(=O)N[C@@H](Cc1ccc(O)cc1)C(=O)N[C@@H](CC(C)C)C(=O)N[C@@H](CO)C(=O)O. The molecule has 0 saturated heterocycles. The Kier molecular flexibility index (Phi) is 33.6. The molecule has 0 heterocycles. The molecule has 0 radical (unpaired) electrons. The second kappa shape index (κ2) is 38.4. The van der Waals surface area contributed by atoms with Gasteiger partial charge in [0.15, 0.2) is 0 Å². The Labute approximate surface area is 494 Å². The minimum absolute atomic E-state index is 0.0724.